The molecular formula is C22H28N2O2. The molecule has 26 heavy (non-hydrogen) atoms. The van der Waals surface area contributed by atoms with Crippen LogP contribution in [0, 0.1) is 35.5 Å². The predicted molar refractivity (Wildman–Crippen MR) is 99.5 cm³/mol. The van der Waals surface area contributed by atoms with E-state index in [1.54, 1.807) is 17.0 Å². The number of hydrogen-bond donors (Lipinski definition) is 1. The fourth-order valence-electron chi connectivity index (χ4n) is 5.99. The molecule has 0 saturated heterocycles. The maximum Gasteiger partial charge on any atom is 0.261 e. The molecule has 0 unspecified atom stereocenters. The first-order valence-corrected chi connectivity index (χ1v) is 10.2. The molecule has 4 aliphatic carbocycles. The van der Waals surface area contributed by atoms with Crippen molar-refractivity contribution in [2.75, 3.05) is 0 Å². The minimum Gasteiger partial charge on any atom is -0.327 e. The van der Waals surface area contributed by atoms with E-state index in [2.05, 4.69) is 13.8 Å². The zero-order chi connectivity index (χ0) is 18.2. The third-order valence-corrected chi connectivity index (χ3v) is 7.60. The van der Waals surface area contributed by atoms with Crippen molar-refractivity contribution in [2.24, 2.45) is 41.2 Å². The fourth-order valence-corrected chi connectivity index (χ4v) is 5.99. The first-order chi connectivity index (χ1) is 12.5. The number of fused-ring (bicyclic) bond motifs is 3. The molecule has 2 N–H and O–H groups in total. The van der Waals surface area contributed by atoms with Crippen LogP contribution in [0.25, 0.3) is 0 Å². The topological polar surface area (TPSA) is 63.4 Å². The number of hydrogen-bond acceptors (Lipinski definition) is 3. The first-order valence-electron chi connectivity index (χ1n) is 10.2. The molecule has 4 nitrogen and oxygen atoms in total. The molecule has 8 atom stereocenters. The second-order valence-corrected chi connectivity index (χ2v) is 9.34. The van der Waals surface area contributed by atoms with Gasteiger partial charge in [0.25, 0.3) is 11.8 Å². The van der Waals surface area contributed by atoms with Crippen molar-refractivity contribution in [1.29, 1.82) is 0 Å². The lowest BCUT2D eigenvalue weighted by atomic mass is 9.99. The van der Waals surface area contributed by atoms with Gasteiger partial charge in [-0.25, -0.2) is 0 Å². The van der Waals surface area contributed by atoms with Crippen molar-refractivity contribution in [3.05, 3.63) is 35.4 Å². The Morgan fingerprint density at radius 3 is 1.81 bits per heavy atom. The van der Waals surface area contributed by atoms with Gasteiger partial charge in [-0.15, -0.1) is 0 Å². The zero-order valence-electron chi connectivity index (χ0n) is 15.6. The van der Waals surface area contributed by atoms with Crippen LogP contribution >= 0.6 is 0 Å². The van der Waals surface area contributed by atoms with Crippen LogP contribution in [0.3, 0.4) is 0 Å². The third-order valence-electron chi connectivity index (χ3n) is 7.60. The van der Waals surface area contributed by atoms with E-state index in [-0.39, 0.29) is 17.9 Å². The van der Waals surface area contributed by atoms with Gasteiger partial charge in [0.1, 0.15) is 0 Å². The summed E-state index contributed by atoms with van der Waals surface area (Å²) < 4.78 is 0. The number of rotatable bonds is 1. The number of imide groups is 1. The fraction of sp³-hybridized carbons (Fsp3) is 0.636. The van der Waals surface area contributed by atoms with Crippen LogP contribution in [0.1, 0.15) is 60.2 Å². The van der Waals surface area contributed by atoms with E-state index < -0.39 is 0 Å². The van der Waals surface area contributed by atoms with Gasteiger partial charge in [-0.2, -0.15) is 0 Å². The Morgan fingerprint density at radius 1 is 0.846 bits per heavy atom. The summed E-state index contributed by atoms with van der Waals surface area (Å²) in [4.78, 5) is 26.4. The molecule has 0 spiro atoms. The maximum absolute atomic E-state index is 12.4. The Morgan fingerprint density at radius 2 is 1.38 bits per heavy atom. The molecule has 4 heteroatoms. The van der Waals surface area contributed by atoms with Crippen LogP contribution in [-0.4, -0.2) is 28.8 Å². The highest BCUT2D eigenvalue weighted by atomic mass is 16.2. The summed E-state index contributed by atoms with van der Waals surface area (Å²) in [6.45, 7) is 4.44. The van der Waals surface area contributed by atoms with Crippen molar-refractivity contribution in [1.82, 2.24) is 4.90 Å². The van der Waals surface area contributed by atoms with E-state index >= 15 is 0 Å². The van der Waals surface area contributed by atoms with Crippen LogP contribution in [0.4, 0.5) is 0 Å². The second kappa shape index (κ2) is 5.66. The average molecular weight is 352 g/mol. The van der Waals surface area contributed by atoms with E-state index in [0.29, 0.717) is 29.0 Å². The summed E-state index contributed by atoms with van der Waals surface area (Å²) in [6, 6.07) is 7.87. The van der Waals surface area contributed by atoms with E-state index in [1.165, 1.54) is 25.7 Å². The summed E-state index contributed by atoms with van der Waals surface area (Å²) in [5, 5.41) is 0. The SMILES string of the molecule is C[C@H]1C[C@@H]2C[C@@H]2[C@H]1N.C[C@H]1C[C@@H]2C[C@@H]2[C@H]1N1C(=O)c2ccccc2C1=O. The van der Waals surface area contributed by atoms with Crippen LogP contribution in [0.5, 0.6) is 0 Å². The summed E-state index contributed by atoms with van der Waals surface area (Å²) >= 11 is 0. The van der Waals surface area contributed by atoms with E-state index in [1.807, 2.05) is 12.1 Å². The van der Waals surface area contributed by atoms with Crippen molar-refractivity contribution in [3.63, 3.8) is 0 Å². The largest absolute Gasteiger partial charge is 0.327 e. The Bertz CT molecular complexity index is 736. The highest BCUT2D eigenvalue weighted by Gasteiger charge is 2.57. The molecule has 138 valence electrons. The lowest BCUT2D eigenvalue weighted by molar-refractivity contribution is 0.0530. The second-order valence-electron chi connectivity index (χ2n) is 9.34. The summed E-state index contributed by atoms with van der Waals surface area (Å²) in [5.41, 5.74) is 7.03. The molecule has 0 aromatic heterocycles. The normalized spacial score (nSPS) is 44.2. The van der Waals surface area contributed by atoms with Crippen molar-refractivity contribution < 1.29 is 9.59 Å². The average Bonchev–Trinajstić information content (AvgIpc) is 3.50. The number of carbonyl (C=O) groups is 2. The van der Waals surface area contributed by atoms with Gasteiger partial charge < -0.3 is 5.73 Å². The van der Waals surface area contributed by atoms with Crippen LogP contribution in [-0.2, 0) is 0 Å². The van der Waals surface area contributed by atoms with Gasteiger partial charge in [-0.05, 0) is 73.3 Å². The highest BCUT2D eigenvalue weighted by molar-refractivity contribution is 6.21. The summed E-state index contributed by atoms with van der Waals surface area (Å²) in [5.74, 6) is 4.41. The molecule has 0 radical (unpaired) electrons. The number of nitrogens with zero attached hydrogens (tertiary/aromatic N) is 1. The molecule has 5 aliphatic rings. The van der Waals surface area contributed by atoms with Gasteiger partial charge in [0.15, 0.2) is 0 Å². The molecule has 1 aliphatic heterocycles. The highest BCUT2D eigenvalue weighted by Crippen LogP contribution is 2.57. The van der Waals surface area contributed by atoms with E-state index in [9.17, 15) is 9.59 Å². The molecule has 4 saturated carbocycles. The number of amides is 2. The van der Waals surface area contributed by atoms with Crippen LogP contribution in [0.15, 0.2) is 24.3 Å². The number of carbonyl (C=O) groups excluding carboxylic acids is 2. The molecule has 1 aromatic carbocycles. The number of nitrogens with two attached hydrogens (primary N) is 1. The minimum atomic E-state index is -0.0833. The van der Waals surface area contributed by atoms with Gasteiger partial charge in [0, 0.05) is 12.1 Å². The van der Waals surface area contributed by atoms with Gasteiger partial charge >= 0.3 is 0 Å². The molecule has 4 fully saturated rings. The first kappa shape index (κ1) is 16.5. The summed E-state index contributed by atoms with van der Waals surface area (Å²) in [6.07, 6.45) is 5.21. The van der Waals surface area contributed by atoms with E-state index in [0.717, 1.165) is 23.7 Å². The van der Waals surface area contributed by atoms with E-state index in [4.69, 9.17) is 5.73 Å². The Labute approximate surface area is 155 Å². The van der Waals surface area contributed by atoms with Gasteiger partial charge in [0.05, 0.1) is 11.1 Å². The van der Waals surface area contributed by atoms with Crippen molar-refractivity contribution in [2.45, 2.75) is 51.6 Å². The van der Waals surface area contributed by atoms with Gasteiger partial charge in [-0.1, -0.05) is 26.0 Å². The third kappa shape index (κ3) is 2.38. The van der Waals surface area contributed by atoms with Crippen LogP contribution < -0.4 is 5.73 Å². The standard InChI is InChI=1S/C15H15NO2.C7H13N/c1-8-6-9-7-12(9)13(8)16-14(17)10-4-2-3-5-11(10)15(16)18;1-4-2-5-3-6(5)7(4)8/h2-5,8-9,12-13H,6-7H2,1H3;4-7H,2-3,8H2,1H3/t8-,9+,12-,13-;4-,5+,6-,7-/m00/s1. The predicted octanol–water partition coefficient (Wildman–Crippen LogP) is 3.32. The maximum atomic E-state index is 12.4. The molecule has 6 rings (SSSR count). The molecule has 0 bridgehead atoms. The monoisotopic (exact) mass is 352 g/mol. The van der Waals surface area contributed by atoms with Gasteiger partial charge in [-0.3, -0.25) is 14.5 Å². The quantitative estimate of drug-likeness (QED) is 0.789. The lowest BCUT2D eigenvalue weighted by Crippen LogP contribution is -2.43. The number of benzene rings is 1. The molecule has 1 heterocycles. The van der Waals surface area contributed by atoms with Crippen LogP contribution in [0.2, 0.25) is 0 Å². The molecule has 1 aromatic rings. The zero-order valence-corrected chi connectivity index (χ0v) is 15.6. The smallest absolute Gasteiger partial charge is 0.261 e. The minimum absolute atomic E-state index is 0.0833. The van der Waals surface area contributed by atoms with Crippen molar-refractivity contribution >= 4 is 11.8 Å². The Balaban J connectivity index is 0.000000156. The lowest BCUT2D eigenvalue weighted by Gasteiger charge is -2.27. The Kier molecular flexibility index (Phi) is 3.59. The molecule has 2 amide bonds. The summed E-state index contributed by atoms with van der Waals surface area (Å²) in [7, 11) is 0. The van der Waals surface area contributed by atoms with Crippen molar-refractivity contribution in [3.8, 4) is 0 Å². The Hall–Kier alpha value is -1.68. The molecular weight excluding hydrogens is 324 g/mol. The van der Waals surface area contributed by atoms with Gasteiger partial charge in [0.2, 0.25) is 0 Å².